The number of aromatic nitrogens is 2. The SMILES string of the molecule is Cc1c(C(=O)O)cccc1S(=O)(=O)CCc1nccn1C. The van der Waals surface area contributed by atoms with Gasteiger partial charge in [0.1, 0.15) is 5.82 Å². The molecule has 1 aromatic heterocycles. The minimum Gasteiger partial charge on any atom is -0.478 e. The molecule has 21 heavy (non-hydrogen) atoms. The molecular formula is C14H16N2O4S. The van der Waals surface area contributed by atoms with Crippen molar-refractivity contribution in [2.24, 2.45) is 7.05 Å². The highest BCUT2D eigenvalue weighted by Crippen LogP contribution is 2.21. The first-order valence-corrected chi connectivity index (χ1v) is 8.00. The Morgan fingerprint density at radius 3 is 2.67 bits per heavy atom. The van der Waals surface area contributed by atoms with Crippen LogP contribution in [0.3, 0.4) is 0 Å². The van der Waals surface area contributed by atoms with E-state index in [9.17, 15) is 13.2 Å². The molecule has 112 valence electrons. The standard InChI is InChI=1S/C14H16N2O4S/c1-10-11(14(17)18)4-3-5-12(10)21(19,20)9-6-13-15-7-8-16(13)2/h3-5,7-8H,6,9H2,1-2H3,(H,17,18). The number of nitrogens with zero attached hydrogens (tertiary/aromatic N) is 2. The highest BCUT2D eigenvalue weighted by molar-refractivity contribution is 7.91. The van der Waals surface area contributed by atoms with Crippen molar-refractivity contribution in [3.8, 4) is 0 Å². The van der Waals surface area contributed by atoms with Crippen LogP contribution < -0.4 is 0 Å². The molecule has 0 saturated heterocycles. The zero-order valence-electron chi connectivity index (χ0n) is 11.8. The van der Waals surface area contributed by atoms with Gasteiger partial charge in [0.15, 0.2) is 9.84 Å². The number of rotatable bonds is 5. The van der Waals surface area contributed by atoms with Gasteiger partial charge in [-0.1, -0.05) is 6.07 Å². The molecular weight excluding hydrogens is 292 g/mol. The van der Waals surface area contributed by atoms with E-state index < -0.39 is 15.8 Å². The summed E-state index contributed by atoms with van der Waals surface area (Å²) in [6.45, 7) is 1.51. The predicted octanol–water partition coefficient (Wildman–Crippen LogP) is 1.44. The predicted molar refractivity (Wildman–Crippen MR) is 77.1 cm³/mol. The minimum absolute atomic E-state index is 0.00747. The van der Waals surface area contributed by atoms with Crippen molar-refractivity contribution in [3.05, 3.63) is 47.5 Å². The fraction of sp³-hybridized carbons (Fsp3) is 0.286. The van der Waals surface area contributed by atoms with Crippen LogP contribution >= 0.6 is 0 Å². The fourth-order valence-electron chi connectivity index (χ4n) is 2.16. The molecule has 2 rings (SSSR count). The van der Waals surface area contributed by atoms with Gasteiger partial charge in [-0.05, 0) is 24.6 Å². The Labute approximate surface area is 123 Å². The smallest absolute Gasteiger partial charge is 0.335 e. The second-order valence-corrected chi connectivity index (χ2v) is 6.83. The first-order chi connectivity index (χ1) is 9.83. The van der Waals surface area contributed by atoms with Crippen molar-refractivity contribution in [2.75, 3.05) is 5.75 Å². The van der Waals surface area contributed by atoms with Crippen LogP contribution in [0.5, 0.6) is 0 Å². The third-order valence-electron chi connectivity index (χ3n) is 3.36. The first kappa shape index (κ1) is 15.2. The topological polar surface area (TPSA) is 89.3 Å². The first-order valence-electron chi connectivity index (χ1n) is 6.35. The molecule has 1 N–H and O–H groups in total. The van der Waals surface area contributed by atoms with Crippen LogP contribution in [-0.2, 0) is 23.3 Å². The van der Waals surface area contributed by atoms with E-state index in [4.69, 9.17) is 5.11 Å². The van der Waals surface area contributed by atoms with Gasteiger partial charge in [-0.15, -0.1) is 0 Å². The molecule has 2 aromatic rings. The van der Waals surface area contributed by atoms with Gasteiger partial charge in [0.25, 0.3) is 0 Å². The number of carboxylic acid groups (broad SMARTS) is 1. The van der Waals surface area contributed by atoms with Gasteiger partial charge in [-0.2, -0.15) is 0 Å². The van der Waals surface area contributed by atoms with Gasteiger partial charge >= 0.3 is 5.97 Å². The quantitative estimate of drug-likeness (QED) is 0.903. The second kappa shape index (κ2) is 5.69. The van der Waals surface area contributed by atoms with Crippen LogP contribution in [-0.4, -0.2) is 34.8 Å². The Morgan fingerprint density at radius 1 is 1.38 bits per heavy atom. The molecule has 0 aliphatic heterocycles. The highest BCUT2D eigenvalue weighted by Gasteiger charge is 2.21. The molecule has 0 aliphatic carbocycles. The maximum atomic E-state index is 12.4. The zero-order chi connectivity index (χ0) is 15.6. The Kier molecular flexibility index (Phi) is 4.13. The summed E-state index contributed by atoms with van der Waals surface area (Å²) >= 11 is 0. The lowest BCUT2D eigenvalue weighted by molar-refractivity contribution is 0.0696. The fourth-order valence-corrected chi connectivity index (χ4v) is 3.69. The van der Waals surface area contributed by atoms with Gasteiger partial charge in [0, 0.05) is 25.9 Å². The number of carboxylic acids is 1. The van der Waals surface area contributed by atoms with E-state index in [1.54, 1.807) is 24.0 Å². The number of aromatic carboxylic acids is 1. The molecule has 0 spiro atoms. The number of hydrogen-bond acceptors (Lipinski definition) is 4. The number of sulfone groups is 1. The van der Waals surface area contributed by atoms with Gasteiger partial charge in [0.2, 0.25) is 0 Å². The van der Waals surface area contributed by atoms with Crippen molar-refractivity contribution in [1.82, 2.24) is 9.55 Å². The van der Waals surface area contributed by atoms with Crippen LogP contribution in [0.15, 0.2) is 35.5 Å². The number of carbonyl (C=O) groups is 1. The molecule has 1 heterocycles. The molecule has 0 amide bonds. The van der Waals surface area contributed by atoms with E-state index in [2.05, 4.69) is 4.98 Å². The number of imidazole rings is 1. The summed E-state index contributed by atoms with van der Waals surface area (Å²) in [4.78, 5) is 15.2. The molecule has 7 heteroatoms. The van der Waals surface area contributed by atoms with Gasteiger partial charge < -0.3 is 9.67 Å². The van der Waals surface area contributed by atoms with Crippen LogP contribution in [0, 0.1) is 6.92 Å². The minimum atomic E-state index is -3.56. The average Bonchev–Trinajstić information content (AvgIpc) is 2.82. The molecule has 0 atom stereocenters. The largest absolute Gasteiger partial charge is 0.478 e. The van der Waals surface area contributed by atoms with Gasteiger partial charge in [0.05, 0.1) is 16.2 Å². The lowest BCUT2D eigenvalue weighted by atomic mass is 10.1. The Morgan fingerprint density at radius 2 is 2.10 bits per heavy atom. The maximum absolute atomic E-state index is 12.4. The van der Waals surface area contributed by atoms with E-state index in [0.717, 1.165) is 0 Å². The third kappa shape index (κ3) is 3.13. The van der Waals surface area contributed by atoms with Crippen molar-refractivity contribution < 1.29 is 18.3 Å². The Hall–Kier alpha value is -2.15. The Bertz CT molecular complexity index is 778. The van der Waals surface area contributed by atoms with E-state index in [-0.39, 0.29) is 28.2 Å². The number of benzene rings is 1. The van der Waals surface area contributed by atoms with E-state index >= 15 is 0 Å². The second-order valence-electron chi connectivity index (χ2n) is 4.76. The van der Waals surface area contributed by atoms with Crippen LogP contribution in [0.1, 0.15) is 21.7 Å². The summed E-state index contributed by atoms with van der Waals surface area (Å²) in [7, 11) is -1.76. The summed E-state index contributed by atoms with van der Waals surface area (Å²) in [5, 5.41) is 9.06. The van der Waals surface area contributed by atoms with Crippen molar-refractivity contribution in [2.45, 2.75) is 18.2 Å². The van der Waals surface area contributed by atoms with Gasteiger partial charge in [-0.25, -0.2) is 18.2 Å². The monoisotopic (exact) mass is 308 g/mol. The molecule has 1 aromatic carbocycles. The lowest BCUT2D eigenvalue weighted by Crippen LogP contribution is -2.14. The van der Waals surface area contributed by atoms with Crippen LogP contribution in [0.2, 0.25) is 0 Å². The normalized spacial score (nSPS) is 11.5. The number of aryl methyl sites for hydroxylation is 2. The average molecular weight is 308 g/mol. The van der Waals surface area contributed by atoms with E-state index in [0.29, 0.717) is 5.82 Å². The summed E-state index contributed by atoms with van der Waals surface area (Å²) < 4.78 is 26.6. The van der Waals surface area contributed by atoms with Crippen LogP contribution in [0.25, 0.3) is 0 Å². The van der Waals surface area contributed by atoms with Crippen molar-refractivity contribution in [1.29, 1.82) is 0 Å². The van der Waals surface area contributed by atoms with E-state index in [1.165, 1.54) is 25.1 Å². The molecule has 0 unspecified atom stereocenters. The van der Waals surface area contributed by atoms with Gasteiger partial charge in [-0.3, -0.25) is 0 Å². The van der Waals surface area contributed by atoms with E-state index in [1.807, 2.05) is 0 Å². The highest BCUT2D eigenvalue weighted by atomic mass is 32.2. The molecule has 0 radical (unpaired) electrons. The summed E-state index contributed by atoms with van der Waals surface area (Å²) in [6, 6.07) is 4.29. The molecule has 0 fully saturated rings. The van der Waals surface area contributed by atoms with Crippen LogP contribution in [0.4, 0.5) is 0 Å². The molecule has 0 aliphatic rings. The third-order valence-corrected chi connectivity index (χ3v) is 5.22. The maximum Gasteiger partial charge on any atom is 0.335 e. The van der Waals surface area contributed by atoms with Crippen molar-refractivity contribution in [3.63, 3.8) is 0 Å². The molecule has 6 nitrogen and oxygen atoms in total. The molecule has 0 saturated carbocycles. The summed E-state index contributed by atoms with van der Waals surface area (Å²) in [5.74, 6) is -0.568. The Balaban J connectivity index is 2.30. The zero-order valence-corrected chi connectivity index (χ0v) is 12.6. The van der Waals surface area contributed by atoms with Crippen molar-refractivity contribution >= 4 is 15.8 Å². The summed E-state index contributed by atoms with van der Waals surface area (Å²) in [6.07, 6.45) is 3.64. The number of hydrogen-bond donors (Lipinski definition) is 1. The molecule has 0 bridgehead atoms. The lowest BCUT2D eigenvalue weighted by Gasteiger charge is -2.10. The summed E-state index contributed by atoms with van der Waals surface area (Å²) in [5.41, 5.74) is 0.276.